The first-order valence-electron chi connectivity index (χ1n) is 10.8. The molecular weight excluding hydrogens is 402 g/mol. The molecule has 1 fully saturated rings. The molecule has 32 heavy (non-hydrogen) atoms. The minimum absolute atomic E-state index is 0.117. The number of nitrogen functional groups attached to an aromatic ring is 1. The average molecular weight is 428 g/mol. The van der Waals surface area contributed by atoms with Crippen LogP contribution in [-0.4, -0.2) is 27.3 Å². The van der Waals surface area contributed by atoms with Crippen molar-refractivity contribution in [3.05, 3.63) is 77.9 Å². The van der Waals surface area contributed by atoms with Gasteiger partial charge in [0, 0.05) is 36.5 Å². The van der Waals surface area contributed by atoms with Crippen molar-refractivity contribution in [2.45, 2.75) is 31.8 Å². The molecule has 3 N–H and O–H groups in total. The lowest BCUT2D eigenvalue weighted by Crippen LogP contribution is -2.17. The Hall–Kier alpha value is -3.87. The lowest BCUT2D eigenvalue weighted by Gasteiger charge is -2.23. The summed E-state index contributed by atoms with van der Waals surface area (Å²) in [5, 5.41) is 2.64. The summed E-state index contributed by atoms with van der Waals surface area (Å²) in [6, 6.07) is 15.3. The molecule has 0 saturated heterocycles. The van der Waals surface area contributed by atoms with Gasteiger partial charge in [0.2, 0.25) is 0 Å². The van der Waals surface area contributed by atoms with Crippen LogP contribution in [0.1, 0.15) is 46.9 Å². The van der Waals surface area contributed by atoms with Crippen molar-refractivity contribution in [1.82, 2.24) is 19.7 Å². The molecule has 2 aromatic carbocycles. The van der Waals surface area contributed by atoms with Gasteiger partial charge in [0.1, 0.15) is 35.2 Å². The molecule has 1 aliphatic carbocycles. The van der Waals surface area contributed by atoms with E-state index in [1.165, 1.54) is 6.42 Å². The molecule has 2 aromatic heterocycles. The number of ether oxygens (including phenoxy) is 1. The van der Waals surface area contributed by atoms with Gasteiger partial charge in [0.05, 0.1) is 0 Å². The Morgan fingerprint density at radius 2 is 2.06 bits per heavy atom. The van der Waals surface area contributed by atoms with Gasteiger partial charge in [-0.3, -0.25) is 9.20 Å². The van der Waals surface area contributed by atoms with E-state index in [0.717, 1.165) is 46.8 Å². The molecule has 5 rings (SSSR count). The number of carbonyl (C=O) groups excluding carboxylic acids is 1. The summed E-state index contributed by atoms with van der Waals surface area (Å²) < 4.78 is 8.12. The molecule has 0 bridgehead atoms. The molecule has 0 spiro atoms. The summed E-state index contributed by atoms with van der Waals surface area (Å²) in [5.41, 5.74) is 10.4. The van der Waals surface area contributed by atoms with E-state index in [2.05, 4.69) is 14.7 Å². The molecule has 162 valence electrons. The first-order chi connectivity index (χ1) is 15.6. The standard InChI is InChI=1S/C25H25N5O2/c1-27-25(31)19-9-2-5-16(13-19)15-32-20-10-4-8-18(14-20)21-22-23(26)28-11-12-30(22)24(29-21)17-6-3-7-17/h2,4-5,8-14,17H,3,6-7,15H2,1H3,(H2,26,28)(H,27,31). The summed E-state index contributed by atoms with van der Waals surface area (Å²) in [6.07, 6.45) is 7.20. The van der Waals surface area contributed by atoms with Gasteiger partial charge in [-0.25, -0.2) is 9.97 Å². The van der Waals surface area contributed by atoms with Gasteiger partial charge >= 0.3 is 0 Å². The lowest BCUT2D eigenvalue weighted by atomic mass is 9.85. The fourth-order valence-electron chi connectivity index (χ4n) is 4.09. The van der Waals surface area contributed by atoms with Crippen molar-refractivity contribution in [1.29, 1.82) is 0 Å². The largest absolute Gasteiger partial charge is 0.489 e. The minimum atomic E-state index is -0.117. The highest BCUT2D eigenvalue weighted by Crippen LogP contribution is 2.39. The quantitative estimate of drug-likeness (QED) is 0.481. The number of fused-ring (bicyclic) bond motifs is 1. The average Bonchev–Trinajstić information content (AvgIpc) is 3.17. The molecule has 0 radical (unpaired) electrons. The second-order valence-corrected chi connectivity index (χ2v) is 8.07. The van der Waals surface area contributed by atoms with Crippen LogP contribution in [0.5, 0.6) is 5.75 Å². The van der Waals surface area contributed by atoms with Crippen LogP contribution in [0.2, 0.25) is 0 Å². The maximum Gasteiger partial charge on any atom is 0.251 e. The van der Waals surface area contributed by atoms with Crippen LogP contribution in [-0.2, 0) is 6.61 Å². The Balaban J connectivity index is 1.44. The van der Waals surface area contributed by atoms with Crippen molar-refractivity contribution < 1.29 is 9.53 Å². The van der Waals surface area contributed by atoms with Gasteiger partial charge in [0.25, 0.3) is 5.91 Å². The van der Waals surface area contributed by atoms with E-state index in [9.17, 15) is 4.79 Å². The van der Waals surface area contributed by atoms with Crippen molar-refractivity contribution in [3.8, 4) is 17.0 Å². The predicted octanol–water partition coefficient (Wildman–Crippen LogP) is 4.18. The summed E-state index contributed by atoms with van der Waals surface area (Å²) in [4.78, 5) is 21.2. The van der Waals surface area contributed by atoms with Gasteiger partial charge < -0.3 is 15.8 Å². The summed E-state index contributed by atoms with van der Waals surface area (Å²) in [5.74, 6) is 2.59. The number of imidazole rings is 1. The van der Waals surface area contributed by atoms with Crippen molar-refractivity contribution >= 4 is 17.2 Å². The van der Waals surface area contributed by atoms with Gasteiger partial charge in [-0.1, -0.05) is 30.7 Å². The smallest absolute Gasteiger partial charge is 0.251 e. The number of amides is 1. The van der Waals surface area contributed by atoms with Crippen LogP contribution in [0.3, 0.4) is 0 Å². The Morgan fingerprint density at radius 3 is 2.84 bits per heavy atom. The number of hydrogen-bond acceptors (Lipinski definition) is 5. The van der Waals surface area contributed by atoms with Crippen LogP contribution in [0.25, 0.3) is 16.8 Å². The molecular formula is C25H25N5O2. The molecule has 7 heteroatoms. The van der Waals surface area contributed by atoms with E-state index < -0.39 is 0 Å². The van der Waals surface area contributed by atoms with Crippen LogP contribution < -0.4 is 15.8 Å². The fourth-order valence-corrected chi connectivity index (χ4v) is 4.09. The third-order valence-corrected chi connectivity index (χ3v) is 6.01. The zero-order valence-corrected chi connectivity index (χ0v) is 17.9. The van der Waals surface area contributed by atoms with E-state index in [1.807, 2.05) is 48.7 Å². The molecule has 2 heterocycles. The summed E-state index contributed by atoms with van der Waals surface area (Å²) in [6.45, 7) is 0.356. The number of nitrogens with zero attached hydrogens (tertiary/aromatic N) is 3. The highest BCUT2D eigenvalue weighted by molar-refractivity contribution is 5.94. The van der Waals surface area contributed by atoms with E-state index in [-0.39, 0.29) is 5.91 Å². The van der Waals surface area contributed by atoms with Crippen molar-refractivity contribution in [2.24, 2.45) is 0 Å². The Labute approximate surface area is 186 Å². The predicted molar refractivity (Wildman–Crippen MR) is 124 cm³/mol. The van der Waals surface area contributed by atoms with E-state index in [4.69, 9.17) is 15.5 Å². The van der Waals surface area contributed by atoms with Crippen molar-refractivity contribution in [3.63, 3.8) is 0 Å². The number of hydrogen-bond donors (Lipinski definition) is 2. The maximum absolute atomic E-state index is 11.9. The van der Waals surface area contributed by atoms with Crippen LogP contribution in [0.4, 0.5) is 5.82 Å². The number of aromatic nitrogens is 3. The van der Waals surface area contributed by atoms with Crippen LogP contribution >= 0.6 is 0 Å². The molecule has 0 atom stereocenters. The third kappa shape index (κ3) is 3.66. The fraction of sp³-hybridized carbons (Fsp3) is 0.240. The van der Waals surface area contributed by atoms with Gasteiger partial charge in [-0.05, 0) is 42.7 Å². The summed E-state index contributed by atoms with van der Waals surface area (Å²) >= 11 is 0. The van der Waals surface area contributed by atoms with Gasteiger partial charge in [0.15, 0.2) is 0 Å². The topological polar surface area (TPSA) is 94.5 Å². The first kappa shape index (κ1) is 20.1. The van der Waals surface area contributed by atoms with Crippen LogP contribution in [0, 0.1) is 0 Å². The normalized spacial score (nSPS) is 13.7. The molecule has 0 aliphatic heterocycles. The van der Waals surface area contributed by atoms with Gasteiger partial charge in [-0.15, -0.1) is 0 Å². The highest BCUT2D eigenvalue weighted by atomic mass is 16.5. The van der Waals surface area contributed by atoms with E-state index in [0.29, 0.717) is 23.9 Å². The highest BCUT2D eigenvalue weighted by Gasteiger charge is 2.26. The summed E-state index contributed by atoms with van der Waals surface area (Å²) in [7, 11) is 1.62. The molecule has 4 aromatic rings. The molecule has 1 amide bonds. The van der Waals surface area contributed by atoms with E-state index in [1.54, 1.807) is 19.3 Å². The lowest BCUT2D eigenvalue weighted by molar-refractivity contribution is 0.0963. The SMILES string of the molecule is CNC(=O)c1cccc(COc2cccc(-c3nc(C4CCC4)n4ccnc(N)c34)c2)c1. The Kier molecular flexibility index (Phi) is 5.23. The molecule has 1 saturated carbocycles. The first-order valence-corrected chi connectivity index (χ1v) is 10.8. The number of nitrogens with one attached hydrogen (secondary N) is 1. The zero-order chi connectivity index (χ0) is 22.1. The molecule has 7 nitrogen and oxygen atoms in total. The number of benzene rings is 2. The maximum atomic E-state index is 11.9. The Bertz CT molecular complexity index is 1290. The van der Waals surface area contributed by atoms with E-state index >= 15 is 0 Å². The minimum Gasteiger partial charge on any atom is -0.489 e. The number of nitrogens with two attached hydrogens (primary N) is 1. The monoisotopic (exact) mass is 427 g/mol. The van der Waals surface area contributed by atoms with Gasteiger partial charge in [-0.2, -0.15) is 0 Å². The van der Waals surface area contributed by atoms with Crippen LogP contribution in [0.15, 0.2) is 60.9 Å². The Morgan fingerprint density at radius 1 is 1.22 bits per heavy atom. The number of rotatable bonds is 6. The second kappa shape index (κ2) is 8.34. The van der Waals surface area contributed by atoms with Crippen molar-refractivity contribution in [2.75, 3.05) is 12.8 Å². The third-order valence-electron chi connectivity index (χ3n) is 6.01. The molecule has 1 aliphatic rings. The number of carbonyl (C=O) groups is 1. The second-order valence-electron chi connectivity index (χ2n) is 8.07. The molecule has 0 unspecified atom stereocenters. The zero-order valence-electron chi connectivity index (χ0n) is 17.9. The number of anilines is 1.